The van der Waals surface area contributed by atoms with Gasteiger partial charge in [0.25, 0.3) is 0 Å². The average molecular weight is 218 g/mol. The number of carbonyl (C=O) groups is 1. The average Bonchev–Trinajstić information content (AvgIpc) is 2.28. The van der Waals surface area contributed by atoms with Crippen LogP contribution in [0.3, 0.4) is 0 Å². The fourth-order valence-corrected chi connectivity index (χ4v) is 1.34. The van der Waals surface area contributed by atoms with Crippen molar-refractivity contribution in [2.75, 3.05) is 6.61 Å². The van der Waals surface area contributed by atoms with Gasteiger partial charge in [-0.05, 0) is 19.1 Å². The van der Waals surface area contributed by atoms with Gasteiger partial charge in [-0.25, -0.2) is 9.78 Å². The van der Waals surface area contributed by atoms with Crippen LogP contribution in [0.25, 0.3) is 11.0 Å². The molecule has 1 N–H and O–H groups in total. The Hall–Kier alpha value is -2.17. The number of fused-ring (bicyclic) bond motifs is 1. The second-order valence-corrected chi connectivity index (χ2v) is 3.12. The first-order chi connectivity index (χ1) is 7.72. The van der Waals surface area contributed by atoms with Crippen LogP contribution in [-0.4, -0.2) is 27.7 Å². The monoisotopic (exact) mass is 218 g/mol. The van der Waals surface area contributed by atoms with Crippen LogP contribution in [-0.2, 0) is 4.74 Å². The van der Waals surface area contributed by atoms with E-state index in [-0.39, 0.29) is 18.1 Å². The Morgan fingerprint density at radius 3 is 3.06 bits per heavy atom. The van der Waals surface area contributed by atoms with Crippen molar-refractivity contribution in [1.29, 1.82) is 0 Å². The first-order valence-electron chi connectivity index (χ1n) is 4.84. The van der Waals surface area contributed by atoms with Crippen molar-refractivity contribution < 1.29 is 14.6 Å². The summed E-state index contributed by atoms with van der Waals surface area (Å²) in [6.07, 6.45) is 1.59. The summed E-state index contributed by atoms with van der Waals surface area (Å²) in [5, 5.41) is 9.60. The molecule has 2 aromatic heterocycles. The Balaban J connectivity index is 2.54. The summed E-state index contributed by atoms with van der Waals surface area (Å²) in [6.45, 7) is 1.93. The summed E-state index contributed by atoms with van der Waals surface area (Å²) in [5.41, 5.74) is 0.999. The maximum Gasteiger partial charge on any atom is 0.360 e. The zero-order valence-electron chi connectivity index (χ0n) is 8.67. The molecule has 0 radical (unpaired) electrons. The summed E-state index contributed by atoms with van der Waals surface area (Å²) < 4.78 is 4.78. The van der Waals surface area contributed by atoms with Crippen LogP contribution >= 0.6 is 0 Å². The lowest BCUT2D eigenvalue weighted by atomic mass is 10.2. The van der Waals surface area contributed by atoms with Crippen LogP contribution < -0.4 is 0 Å². The van der Waals surface area contributed by atoms with Gasteiger partial charge in [0.15, 0.2) is 11.4 Å². The number of hydrogen-bond acceptors (Lipinski definition) is 5. The number of aromatic hydroxyl groups is 1. The first kappa shape index (κ1) is 10.4. The maximum atomic E-state index is 11.4. The van der Waals surface area contributed by atoms with Crippen LogP contribution in [0, 0.1) is 0 Å². The molecule has 16 heavy (non-hydrogen) atoms. The van der Waals surface area contributed by atoms with Crippen LogP contribution in [0.4, 0.5) is 0 Å². The molecule has 0 aliphatic heterocycles. The van der Waals surface area contributed by atoms with Gasteiger partial charge in [-0.15, -0.1) is 0 Å². The highest BCUT2D eigenvalue weighted by Crippen LogP contribution is 2.20. The second-order valence-electron chi connectivity index (χ2n) is 3.12. The van der Waals surface area contributed by atoms with Crippen molar-refractivity contribution in [3.63, 3.8) is 0 Å². The number of nitrogens with zero attached hydrogens (tertiary/aromatic N) is 2. The molecule has 0 spiro atoms. The highest BCUT2D eigenvalue weighted by Gasteiger charge is 2.15. The first-order valence-corrected chi connectivity index (χ1v) is 4.84. The van der Waals surface area contributed by atoms with Gasteiger partial charge in [0.05, 0.1) is 17.6 Å². The van der Waals surface area contributed by atoms with Crippen LogP contribution in [0.2, 0.25) is 0 Å². The molecular weight excluding hydrogens is 208 g/mol. The third-order valence-corrected chi connectivity index (χ3v) is 2.03. The largest absolute Gasteiger partial charge is 0.505 e. The van der Waals surface area contributed by atoms with Crippen molar-refractivity contribution >= 4 is 17.0 Å². The summed E-state index contributed by atoms with van der Waals surface area (Å²) >= 11 is 0. The number of hydrogen-bond donors (Lipinski definition) is 1. The molecule has 5 nitrogen and oxygen atoms in total. The zero-order chi connectivity index (χ0) is 11.5. The fourth-order valence-electron chi connectivity index (χ4n) is 1.34. The van der Waals surface area contributed by atoms with Crippen molar-refractivity contribution in [1.82, 2.24) is 9.97 Å². The molecule has 0 bridgehead atoms. The Labute approximate surface area is 91.7 Å². The third-order valence-electron chi connectivity index (χ3n) is 2.03. The van der Waals surface area contributed by atoms with E-state index < -0.39 is 5.97 Å². The van der Waals surface area contributed by atoms with E-state index in [1.54, 1.807) is 25.3 Å². The SMILES string of the molecule is CCOC(=O)c1nc2cccnc2cc1O. The Morgan fingerprint density at radius 1 is 1.50 bits per heavy atom. The Bertz CT molecular complexity index is 540. The third kappa shape index (κ3) is 1.79. The van der Waals surface area contributed by atoms with E-state index in [2.05, 4.69) is 9.97 Å². The van der Waals surface area contributed by atoms with E-state index in [1.807, 2.05) is 0 Å². The van der Waals surface area contributed by atoms with E-state index in [0.717, 1.165) is 0 Å². The van der Waals surface area contributed by atoms with Crippen LogP contribution in [0.15, 0.2) is 24.4 Å². The smallest absolute Gasteiger partial charge is 0.360 e. The maximum absolute atomic E-state index is 11.4. The minimum absolute atomic E-state index is 0.0812. The molecule has 2 heterocycles. The molecule has 0 saturated carbocycles. The predicted molar refractivity (Wildman–Crippen MR) is 57.2 cm³/mol. The van der Waals surface area contributed by atoms with Crippen molar-refractivity contribution in [3.8, 4) is 5.75 Å². The topological polar surface area (TPSA) is 72.3 Å². The number of ether oxygens (including phenoxy) is 1. The minimum atomic E-state index is -0.634. The summed E-state index contributed by atoms with van der Waals surface area (Å²) in [6, 6.07) is 4.82. The van der Waals surface area contributed by atoms with Gasteiger partial charge < -0.3 is 9.84 Å². The van der Waals surface area contributed by atoms with E-state index in [1.165, 1.54) is 6.07 Å². The summed E-state index contributed by atoms with van der Waals surface area (Å²) in [5.74, 6) is -0.851. The minimum Gasteiger partial charge on any atom is -0.505 e. The Morgan fingerprint density at radius 2 is 2.31 bits per heavy atom. The highest BCUT2D eigenvalue weighted by molar-refractivity contribution is 5.93. The van der Waals surface area contributed by atoms with Gasteiger partial charge >= 0.3 is 5.97 Å². The fraction of sp³-hybridized carbons (Fsp3) is 0.182. The normalized spacial score (nSPS) is 10.3. The molecule has 0 aromatic carbocycles. The van der Waals surface area contributed by atoms with Crippen LogP contribution in [0.5, 0.6) is 5.75 Å². The molecule has 0 aliphatic rings. The van der Waals surface area contributed by atoms with Gasteiger partial charge in [-0.2, -0.15) is 0 Å². The molecule has 0 aliphatic carbocycles. The second kappa shape index (κ2) is 4.14. The lowest BCUT2D eigenvalue weighted by Crippen LogP contribution is -2.07. The van der Waals surface area contributed by atoms with Gasteiger partial charge in [0.2, 0.25) is 0 Å². The van der Waals surface area contributed by atoms with E-state index >= 15 is 0 Å². The van der Waals surface area contributed by atoms with Gasteiger partial charge in [-0.1, -0.05) is 0 Å². The molecule has 82 valence electrons. The van der Waals surface area contributed by atoms with Crippen LogP contribution in [0.1, 0.15) is 17.4 Å². The standard InChI is InChI=1S/C11H10N2O3/c1-2-16-11(15)10-9(14)6-8-7(13-10)4-3-5-12-8/h3-6,14H,2H2,1H3. The molecule has 2 aromatic rings. The molecule has 0 unspecified atom stereocenters. The predicted octanol–water partition coefficient (Wildman–Crippen LogP) is 1.51. The van der Waals surface area contributed by atoms with Gasteiger partial charge in [-0.3, -0.25) is 4.98 Å². The summed E-state index contributed by atoms with van der Waals surface area (Å²) in [4.78, 5) is 19.5. The number of rotatable bonds is 2. The van der Waals surface area contributed by atoms with E-state index in [4.69, 9.17) is 4.74 Å². The van der Waals surface area contributed by atoms with Crippen molar-refractivity contribution in [2.45, 2.75) is 6.92 Å². The molecule has 5 heteroatoms. The van der Waals surface area contributed by atoms with Gasteiger partial charge in [0.1, 0.15) is 0 Å². The zero-order valence-corrected chi connectivity index (χ0v) is 8.67. The summed E-state index contributed by atoms with van der Waals surface area (Å²) in [7, 11) is 0. The molecule has 0 saturated heterocycles. The number of esters is 1. The lowest BCUT2D eigenvalue weighted by Gasteiger charge is -2.04. The van der Waals surface area contributed by atoms with Gasteiger partial charge in [0, 0.05) is 12.3 Å². The van der Waals surface area contributed by atoms with E-state index in [0.29, 0.717) is 11.0 Å². The quantitative estimate of drug-likeness (QED) is 0.773. The molecule has 0 amide bonds. The molecule has 2 rings (SSSR count). The van der Waals surface area contributed by atoms with Crippen molar-refractivity contribution in [3.05, 3.63) is 30.1 Å². The number of carbonyl (C=O) groups excluding carboxylic acids is 1. The number of pyridine rings is 2. The molecular formula is C11H10N2O3. The lowest BCUT2D eigenvalue weighted by molar-refractivity contribution is 0.0516. The van der Waals surface area contributed by atoms with Crippen molar-refractivity contribution in [2.24, 2.45) is 0 Å². The molecule has 0 atom stereocenters. The molecule has 0 fully saturated rings. The Kier molecular flexibility index (Phi) is 2.68. The highest BCUT2D eigenvalue weighted by atomic mass is 16.5. The van der Waals surface area contributed by atoms with E-state index in [9.17, 15) is 9.90 Å². The number of aromatic nitrogens is 2.